The number of oxazole rings is 1. The van der Waals surface area contributed by atoms with E-state index < -0.39 is 11.8 Å². The molecule has 0 aliphatic heterocycles. The Morgan fingerprint density at radius 3 is 2.86 bits per heavy atom. The second-order valence-corrected chi connectivity index (χ2v) is 5.24. The van der Waals surface area contributed by atoms with Crippen LogP contribution in [0.1, 0.15) is 27.7 Å². The molecule has 2 heterocycles. The highest BCUT2D eigenvalue weighted by atomic mass is 35.5. The van der Waals surface area contributed by atoms with Crippen LogP contribution in [-0.2, 0) is 6.42 Å². The standard InChI is InChI=1S/C15H10ClFN2O3/c1-7-14(15(20)21)22-12(19-7)4-8-2-9-5-10(16)6-18-13(9)11(17)3-8/h2-3,5-6H,4H2,1H3,(H,20,21). The van der Waals surface area contributed by atoms with E-state index in [-0.39, 0.29) is 29.3 Å². The van der Waals surface area contributed by atoms with Crippen molar-refractivity contribution in [1.82, 2.24) is 9.97 Å². The molecule has 0 atom stereocenters. The van der Waals surface area contributed by atoms with E-state index in [4.69, 9.17) is 21.1 Å². The van der Waals surface area contributed by atoms with Gasteiger partial charge in [-0.15, -0.1) is 0 Å². The number of halogens is 2. The number of hydrogen-bond acceptors (Lipinski definition) is 4. The van der Waals surface area contributed by atoms with Crippen molar-refractivity contribution in [2.24, 2.45) is 0 Å². The van der Waals surface area contributed by atoms with Crippen LogP contribution in [0.2, 0.25) is 5.02 Å². The van der Waals surface area contributed by atoms with Gasteiger partial charge in [-0.1, -0.05) is 11.6 Å². The highest BCUT2D eigenvalue weighted by Crippen LogP contribution is 2.23. The van der Waals surface area contributed by atoms with Crippen LogP contribution in [0.4, 0.5) is 4.39 Å². The van der Waals surface area contributed by atoms with Gasteiger partial charge in [0.1, 0.15) is 11.3 Å². The molecule has 0 aliphatic carbocycles. The smallest absolute Gasteiger partial charge is 0.373 e. The molecule has 0 spiro atoms. The maximum Gasteiger partial charge on any atom is 0.373 e. The first-order chi connectivity index (χ1) is 10.4. The van der Waals surface area contributed by atoms with Gasteiger partial charge in [0, 0.05) is 18.0 Å². The summed E-state index contributed by atoms with van der Waals surface area (Å²) >= 11 is 5.86. The maximum absolute atomic E-state index is 14.0. The lowest BCUT2D eigenvalue weighted by molar-refractivity contribution is 0.0659. The second kappa shape index (κ2) is 5.38. The minimum atomic E-state index is -1.18. The third-order valence-electron chi connectivity index (χ3n) is 3.15. The molecule has 1 aromatic carbocycles. The van der Waals surface area contributed by atoms with E-state index in [1.165, 1.54) is 12.3 Å². The molecule has 3 aromatic rings. The molecule has 112 valence electrons. The van der Waals surface area contributed by atoms with E-state index in [0.29, 0.717) is 16.0 Å². The Labute approximate surface area is 129 Å². The number of fused-ring (bicyclic) bond motifs is 1. The Kier molecular flexibility index (Phi) is 3.54. The molecule has 0 radical (unpaired) electrons. The van der Waals surface area contributed by atoms with Crippen molar-refractivity contribution in [3.8, 4) is 0 Å². The summed E-state index contributed by atoms with van der Waals surface area (Å²) < 4.78 is 19.2. The molecule has 2 aromatic heterocycles. The van der Waals surface area contributed by atoms with Gasteiger partial charge in [-0.05, 0) is 30.7 Å². The Balaban J connectivity index is 2.00. The lowest BCUT2D eigenvalue weighted by Gasteiger charge is -2.03. The molecule has 0 amide bonds. The first kappa shape index (κ1) is 14.5. The zero-order chi connectivity index (χ0) is 15.9. The summed E-state index contributed by atoms with van der Waals surface area (Å²) in [6, 6.07) is 4.65. The van der Waals surface area contributed by atoms with Gasteiger partial charge >= 0.3 is 5.97 Å². The molecule has 5 nitrogen and oxygen atoms in total. The summed E-state index contributed by atoms with van der Waals surface area (Å²) in [4.78, 5) is 18.9. The van der Waals surface area contributed by atoms with E-state index in [0.717, 1.165) is 0 Å². The Morgan fingerprint density at radius 1 is 1.41 bits per heavy atom. The van der Waals surface area contributed by atoms with E-state index >= 15 is 0 Å². The molecule has 0 bridgehead atoms. The Morgan fingerprint density at radius 2 is 2.18 bits per heavy atom. The number of rotatable bonds is 3. The summed E-state index contributed by atoms with van der Waals surface area (Å²) in [6.45, 7) is 1.54. The van der Waals surface area contributed by atoms with Crippen LogP contribution in [0.25, 0.3) is 10.9 Å². The minimum absolute atomic E-state index is 0.174. The zero-order valence-electron chi connectivity index (χ0n) is 11.4. The van der Waals surface area contributed by atoms with Gasteiger partial charge in [0.15, 0.2) is 5.89 Å². The van der Waals surface area contributed by atoms with Gasteiger partial charge in [-0.25, -0.2) is 14.2 Å². The topological polar surface area (TPSA) is 76.2 Å². The van der Waals surface area contributed by atoms with E-state index in [2.05, 4.69) is 9.97 Å². The molecule has 1 N–H and O–H groups in total. The van der Waals surface area contributed by atoms with Gasteiger partial charge in [0.2, 0.25) is 5.76 Å². The van der Waals surface area contributed by atoms with Gasteiger partial charge in [-0.2, -0.15) is 0 Å². The Bertz CT molecular complexity index is 892. The third kappa shape index (κ3) is 2.65. The van der Waals surface area contributed by atoms with Crippen molar-refractivity contribution in [2.45, 2.75) is 13.3 Å². The molecule has 0 saturated heterocycles. The number of aromatic nitrogens is 2. The highest BCUT2D eigenvalue weighted by molar-refractivity contribution is 6.31. The van der Waals surface area contributed by atoms with Crippen molar-refractivity contribution in [3.63, 3.8) is 0 Å². The predicted molar refractivity (Wildman–Crippen MR) is 77.7 cm³/mol. The first-order valence-corrected chi connectivity index (χ1v) is 6.75. The predicted octanol–water partition coefficient (Wildman–Crippen LogP) is 3.61. The summed E-state index contributed by atoms with van der Waals surface area (Å²) in [5, 5.41) is 9.91. The normalized spacial score (nSPS) is 11.0. The number of nitrogens with zero attached hydrogens (tertiary/aromatic N) is 2. The summed E-state index contributed by atoms with van der Waals surface area (Å²) in [5.41, 5.74) is 1.10. The number of benzene rings is 1. The van der Waals surface area contributed by atoms with Crippen molar-refractivity contribution in [2.75, 3.05) is 0 Å². The SMILES string of the molecule is Cc1nc(Cc2cc(F)c3ncc(Cl)cc3c2)oc1C(=O)O. The van der Waals surface area contributed by atoms with Crippen molar-refractivity contribution in [3.05, 3.63) is 58.1 Å². The number of pyridine rings is 1. The Hall–Kier alpha value is -2.47. The van der Waals surface area contributed by atoms with Crippen LogP contribution in [-0.4, -0.2) is 21.0 Å². The molecule has 0 unspecified atom stereocenters. The summed E-state index contributed by atoms with van der Waals surface area (Å²) in [5.74, 6) is -1.66. The van der Waals surface area contributed by atoms with Crippen LogP contribution in [0.15, 0.2) is 28.8 Å². The monoisotopic (exact) mass is 320 g/mol. The van der Waals surface area contributed by atoms with Crippen LogP contribution >= 0.6 is 11.6 Å². The molecule has 3 rings (SSSR count). The molecule has 0 saturated carbocycles. The van der Waals surface area contributed by atoms with Crippen molar-refractivity contribution >= 4 is 28.5 Å². The molecule has 7 heteroatoms. The van der Waals surface area contributed by atoms with Crippen molar-refractivity contribution in [1.29, 1.82) is 0 Å². The van der Waals surface area contributed by atoms with Crippen LogP contribution in [0, 0.1) is 12.7 Å². The first-order valence-electron chi connectivity index (χ1n) is 6.37. The number of aromatic carboxylic acids is 1. The molecular formula is C15H10ClFN2O3. The minimum Gasteiger partial charge on any atom is -0.475 e. The van der Waals surface area contributed by atoms with Gasteiger partial charge in [0.25, 0.3) is 0 Å². The molecular weight excluding hydrogens is 311 g/mol. The molecule has 0 fully saturated rings. The maximum atomic E-state index is 14.0. The van der Waals surface area contributed by atoms with E-state index in [9.17, 15) is 9.18 Å². The highest BCUT2D eigenvalue weighted by Gasteiger charge is 2.17. The quantitative estimate of drug-likeness (QED) is 0.797. The van der Waals surface area contributed by atoms with Gasteiger partial charge in [-0.3, -0.25) is 4.98 Å². The fraction of sp³-hybridized carbons (Fsp3) is 0.133. The second-order valence-electron chi connectivity index (χ2n) is 4.81. The van der Waals surface area contributed by atoms with Crippen molar-refractivity contribution < 1.29 is 18.7 Å². The number of aryl methyl sites for hydroxylation is 1. The molecule has 0 aliphatic rings. The number of carboxylic acids is 1. The summed E-state index contributed by atoms with van der Waals surface area (Å²) in [7, 11) is 0. The summed E-state index contributed by atoms with van der Waals surface area (Å²) in [6.07, 6.45) is 1.55. The van der Waals surface area contributed by atoms with E-state index in [1.807, 2.05) is 0 Å². The van der Waals surface area contributed by atoms with E-state index in [1.54, 1.807) is 19.1 Å². The largest absolute Gasteiger partial charge is 0.475 e. The average molecular weight is 321 g/mol. The number of hydrogen-bond donors (Lipinski definition) is 1. The van der Waals surface area contributed by atoms with Crippen LogP contribution in [0.3, 0.4) is 0 Å². The fourth-order valence-electron chi connectivity index (χ4n) is 2.24. The lowest BCUT2D eigenvalue weighted by Crippen LogP contribution is -1.95. The van der Waals surface area contributed by atoms with Crippen LogP contribution in [0.5, 0.6) is 0 Å². The fourth-order valence-corrected chi connectivity index (χ4v) is 2.41. The average Bonchev–Trinajstić information content (AvgIpc) is 2.79. The van der Waals surface area contributed by atoms with Gasteiger partial charge < -0.3 is 9.52 Å². The third-order valence-corrected chi connectivity index (χ3v) is 3.36. The number of carboxylic acid groups (broad SMARTS) is 1. The van der Waals surface area contributed by atoms with Crippen LogP contribution < -0.4 is 0 Å². The lowest BCUT2D eigenvalue weighted by atomic mass is 10.1. The molecule has 22 heavy (non-hydrogen) atoms. The zero-order valence-corrected chi connectivity index (χ0v) is 12.2. The van der Waals surface area contributed by atoms with Gasteiger partial charge in [0.05, 0.1) is 10.7 Å². The number of carbonyl (C=O) groups is 1.